The Hall–Kier alpha value is -0.660. The number of ketones is 2. The monoisotopic (exact) mass is 170 g/mol. The van der Waals surface area contributed by atoms with Crippen molar-refractivity contribution in [3.8, 4) is 0 Å². The summed E-state index contributed by atoms with van der Waals surface area (Å²) >= 11 is 0. The minimum atomic E-state index is -0.424. The number of carbonyl (C=O) groups excluding carboxylic acids is 2. The second-order valence-corrected chi connectivity index (χ2v) is 3.37. The molecule has 0 fully saturated rings. The minimum absolute atomic E-state index is 0.199. The molecule has 0 heterocycles. The van der Waals surface area contributed by atoms with Crippen LogP contribution in [0.15, 0.2) is 0 Å². The SMILES string of the molecule is CCC(=O)C(=O)C(C)(CC)CC. The molecule has 0 amide bonds. The molecular weight excluding hydrogens is 152 g/mol. The highest BCUT2D eigenvalue weighted by Gasteiger charge is 2.32. The molecule has 12 heavy (non-hydrogen) atoms. The van der Waals surface area contributed by atoms with E-state index in [1.54, 1.807) is 6.92 Å². The lowest BCUT2D eigenvalue weighted by molar-refractivity contribution is -0.142. The van der Waals surface area contributed by atoms with Crippen LogP contribution in [0, 0.1) is 5.41 Å². The highest BCUT2D eigenvalue weighted by atomic mass is 16.2. The third kappa shape index (κ3) is 2.16. The summed E-state index contributed by atoms with van der Waals surface area (Å²) in [5.74, 6) is -0.434. The molecule has 0 aromatic carbocycles. The van der Waals surface area contributed by atoms with Crippen LogP contribution < -0.4 is 0 Å². The van der Waals surface area contributed by atoms with Crippen molar-refractivity contribution in [2.75, 3.05) is 0 Å². The maximum absolute atomic E-state index is 11.5. The lowest BCUT2D eigenvalue weighted by atomic mass is 9.78. The van der Waals surface area contributed by atoms with Crippen molar-refractivity contribution in [3.05, 3.63) is 0 Å². The Bertz CT molecular complexity index is 178. The summed E-state index contributed by atoms with van der Waals surface area (Å²) in [6.45, 7) is 7.49. The van der Waals surface area contributed by atoms with Crippen LogP contribution in [0.1, 0.15) is 47.0 Å². The second-order valence-electron chi connectivity index (χ2n) is 3.37. The van der Waals surface area contributed by atoms with Gasteiger partial charge in [-0.05, 0) is 12.8 Å². The number of hydrogen-bond acceptors (Lipinski definition) is 2. The third-order valence-corrected chi connectivity index (χ3v) is 2.68. The van der Waals surface area contributed by atoms with Crippen LogP contribution in [-0.2, 0) is 9.59 Å². The zero-order chi connectivity index (χ0) is 9.78. The van der Waals surface area contributed by atoms with Gasteiger partial charge in [-0.1, -0.05) is 27.7 Å². The number of hydrogen-bond donors (Lipinski definition) is 0. The summed E-state index contributed by atoms with van der Waals surface area (Å²) in [7, 11) is 0. The number of rotatable bonds is 5. The molecule has 0 aliphatic heterocycles. The minimum Gasteiger partial charge on any atom is -0.291 e. The average Bonchev–Trinajstić information content (AvgIpc) is 2.14. The van der Waals surface area contributed by atoms with Crippen molar-refractivity contribution in [2.24, 2.45) is 5.41 Å². The van der Waals surface area contributed by atoms with E-state index in [0.717, 1.165) is 12.8 Å². The molecule has 0 aromatic heterocycles. The summed E-state index contributed by atoms with van der Waals surface area (Å²) in [4.78, 5) is 22.6. The normalized spacial score (nSPS) is 11.3. The van der Waals surface area contributed by atoms with E-state index in [9.17, 15) is 9.59 Å². The van der Waals surface area contributed by atoms with Gasteiger partial charge in [0.15, 0.2) is 5.78 Å². The van der Waals surface area contributed by atoms with Gasteiger partial charge < -0.3 is 0 Å². The van der Waals surface area contributed by atoms with Crippen LogP contribution in [0.4, 0.5) is 0 Å². The van der Waals surface area contributed by atoms with E-state index in [1.165, 1.54) is 0 Å². The fourth-order valence-electron chi connectivity index (χ4n) is 1.07. The van der Waals surface area contributed by atoms with E-state index < -0.39 is 5.41 Å². The molecule has 0 bridgehead atoms. The molecular formula is C10H18O2. The van der Waals surface area contributed by atoms with Gasteiger partial charge >= 0.3 is 0 Å². The molecule has 2 heteroatoms. The van der Waals surface area contributed by atoms with E-state index in [4.69, 9.17) is 0 Å². The Balaban J connectivity index is 4.53. The van der Waals surface area contributed by atoms with E-state index in [2.05, 4.69) is 0 Å². The zero-order valence-electron chi connectivity index (χ0n) is 8.44. The lowest BCUT2D eigenvalue weighted by Gasteiger charge is -2.23. The van der Waals surface area contributed by atoms with Crippen LogP contribution in [0.25, 0.3) is 0 Å². The van der Waals surface area contributed by atoms with Crippen LogP contribution >= 0.6 is 0 Å². The number of carbonyl (C=O) groups is 2. The Labute approximate surface area is 74.3 Å². The van der Waals surface area contributed by atoms with Crippen molar-refractivity contribution < 1.29 is 9.59 Å². The van der Waals surface area contributed by atoms with Gasteiger partial charge in [-0.2, -0.15) is 0 Å². The molecule has 0 radical (unpaired) electrons. The zero-order valence-corrected chi connectivity index (χ0v) is 8.44. The van der Waals surface area contributed by atoms with Gasteiger partial charge in [-0.25, -0.2) is 0 Å². The van der Waals surface area contributed by atoms with Crippen LogP contribution in [-0.4, -0.2) is 11.6 Å². The lowest BCUT2D eigenvalue weighted by Crippen LogP contribution is -2.32. The molecule has 70 valence electrons. The molecule has 0 spiro atoms. The first kappa shape index (κ1) is 11.3. The highest BCUT2D eigenvalue weighted by Crippen LogP contribution is 2.27. The molecule has 0 atom stereocenters. The maximum Gasteiger partial charge on any atom is 0.204 e. The van der Waals surface area contributed by atoms with E-state index >= 15 is 0 Å². The highest BCUT2D eigenvalue weighted by molar-refractivity contribution is 6.38. The van der Waals surface area contributed by atoms with Crippen molar-refractivity contribution >= 4 is 11.6 Å². The fraction of sp³-hybridized carbons (Fsp3) is 0.800. The molecule has 0 N–H and O–H groups in total. The van der Waals surface area contributed by atoms with Gasteiger partial charge in [0.1, 0.15) is 0 Å². The maximum atomic E-state index is 11.5. The summed E-state index contributed by atoms with van der Waals surface area (Å²) in [5.41, 5.74) is -0.424. The summed E-state index contributed by atoms with van der Waals surface area (Å²) in [6, 6.07) is 0. The second kappa shape index (κ2) is 4.39. The first-order valence-electron chi connectivity index (χ1n) is 4.59. The predicted molar refractivity (Wildman–Crippen MR) is 49.0 cm³/mol. The van der Waals surface area contributed by atoms with Crippen molar-refractivity contribution in [3.63, 3.8) is 0 Å². The predicted octanol–water partition coefficient (Wildman–Crippen LogP) is 2.36. The third-order valence-electron chi connectivity index (χ3n) is 2.68. The van der Waals surface area contributed by atoms with E-state index in [-0.39, 0.29) is 11.6 Å². The van der Waals surface area contributed by atoms with E-state index in [0.29, 0.717) is 6.42 Å². The van der Waals surface area contributed by atoms with Gasteiger partial charge in [0.25, 0.3) is 0 Å². The van der Waals surface area contributed by atoms with Crippen LogP contribution in [0.2, 0.25) is 0 Å². The fourth-order valence-corrected chi connectivity index (χ4v) is 1.07. The van der Waals surface area contributed by atoms with Crippen molar-refractivity contribution in [1.82, 2.24) is 0 Å². The van der Waals surface area contributed by atoms with Gasteiger partial charge in [-0.3, -0.25) is 9.59 Å². The molecule has 2 nitrogen and oxygen atoms in total. The topological polar surface area (TPSA) is 34.1 Å². The quantitative estimate of drug-likeness (QED) is 0.593. The van der Waals surface area contributed by atoms with Gasteiger partial charge in [0.2, 0.25) is 5.78 Å². The molecule has 0 rings (SSSR count). The summed E-state index contributed by atoms with van der Waals surface area (Å²) < 4.78 is 0. The van der Waals surface area contributed by atoms with Crippen molar-refractivity contribution in [2.45, 2.75) is 47.0 Å². The largest absolute Gasteiger partial charge is 0.291 e. The van der Waals surface area contributed by atoms with Gasteiger partial charge in [0, 0.05) is 11.8 Å². The molecule has 0 saturated carbocycles. The molecule has 0 saturated heterocycles. The smallest absolute Gasteiger partial charge is 0.204 e. The first-order chi connectivity index (χ1) is 5.51. The Morgan fingerprint density at radius 1 is 1.08 bits per heavy atom. The molecule has 0 aliphatic carbocycles. The Kier molecular flexibility index (Phi) is 4.15. The molecule has 0 aliphatic rings. The van der Waals surface area contributed by atoms with E-state index in [1.807, 2.05) is 20.8 Å². The first-order valence-corrected chi connectivity index (χ1v) is 4.59. The standard InChI is InChI=1S/C10H18O2/c1-5-8(11)9(12)10(4,6-2)7-3/h5-7H2,1-4H3. The summed E-state index contributed by atoms with van der Waals surface area (Å²) in [6.07, 6.45) is 1.82. The number of Topliss-reactive ketones (excluding diaryl/α,β-unsaturated/α-hetero) is 2. The summed E-state index contributed by atoms with van der Waals surface area (Å²) in [5, 5.41) is 0. The van der Waals surface area contributed by atoms with Crippen molar-refractivity contribution in [1.29, 1.82) is 0 Å². The van der Waals surface area contributed by atoms with Gasteiger partial charge in [0.05, 0.1) is 0 Å². The molecule has 0 unspecified atom stereocenters. The average molecular weight is 170 g/mol. The Morgan fingerprint density at radius 2 is 1.50 bits per heavy atom. The molecule has 0 aromatic rings. The Morgan fingerprint density at radius 3 is 1.75 bits per heavy atom. The van der Waals surface area contributed by atoms with Crippen LogP contribution in [0.3, 0.4) is 0 Å². The van der Waals surface area contributed by atoms with Crippen LogP contribution in [0.5, 0.6) is 0 Å². The van der Waals surface area contributed by atoms with Gasteiger partial charge in [-0.15, -0.1) is 0 Å².